The van der Waals surface area contributed by atoms with Crippen molar-refractivity contribution in [1.82, 2.24) is 0 Å². The van der Waals surface area contributed by atoms with Gasteiger partial charge in [0.25, 0.3) is 0 Å². The van der Waals surface area contributed by atoms with Gasteiger partial charge in [0, 0.05) is 35.1 Å². The summed E-state index contributed by atoms with van der Waals surface area (Å²) in [5.41, 5.74) is 4.91. The fraction of sp³-hybridized carbons (Fsp3) is 0.588. The predicted octanol–water partition coefficient (Wildman–Crippen LogP) is 6.72. The normalized spacial score (nSPS) is 14.4. The first-order valence-electron chi connectivity index (χ1n) is 15.1. The molecule has 40 heavy (non-hydrogen) atoms. The lowest BCUT2D eigenvalue weighted by molar-refractivity contribution is 0.0108. The van der Waals surface area contributed by atoms with Crippen LogP contribution >= 0.6 is 0 Å². The lowest BCUT2D eigenvalue weighted by atomic mass is 9.85. The van der Waals surface area contributed by atoms with E-state index in [0.717, 1.165) is 84.8 Å². The highest BCUT2D eigenvalue weighted by molar-refractivity contribution is 5.96. The van der Waals surface area contributed by atoms with Crippen LogP contribution in [-0.2, 0) is 22.3 Å². The molecule has 0 saturated heterocycles. The Hall–Kier alpha value is -2.38. The minimum Gasteiger partial charge on any atom is -0.490 e. The van der Waals surface area contributed by atoms with Crippen LogP contribution in [0.1, 0.15) is 77.3 Å². The number of hydrogen-bond acceptors (Lipinski definition) is 6. The molecule has 0 heterocycles. The van der Waals surface area contributed by atoms with Crippen molar-refractivity contribution in [3.63, 3.8) is 0 Å². The lowest BCUT2D eigenvalue weighted by Gasteiger charge is -2.27. The fourth-order valence-electron chi connectivity index (χ4n) is 4.88. The van der Waals surface area contributed by atoms with Gasteiger partial charge < -0.3 is 29.2 Å². The van der Waals surface area contributed by atoms with E-state index in [1.807, 2.05) is 24.3 Å². The van der Waals surface area contributed by atoms with Crippen LogP contribution in [0.4, 0.5) is 0 Å². The molecule has 2 N–H and O–H groups in total. The third-order valence-corrected chi connectivity index (χ3v) is 7.09. The van der Waals surface area contributed by atoms with E-state index in [0.29, 0.717) is 13.2 Å². The van der Waals surface area contributed by atoms with Crippen molar-refractivity contribution in [3.8, 4) is 11.5 Å². The monoisotopic (exact) mass is 554 g/mol. The highest BCUT2D eigenvalue weighted by atomic mass is 16.5. The Morgan fingerprint density at radius 3 is 1.90 bits per heavy atom. The second-order valence-electron chi connectivity index (χ2n) is 11.0. The first-order chi connectivity index (χ1) is 19.4. The molecule has 6 nitrogen and oxygen atoms in total. The SMILES string of the molecule is CCCCOCC(O)COc1c2c(c(OCC(O)COCCCC)c3ccccc13)CC(CCC=C(C)C)=CC2. The van der Waals surface area contributed by atoms with Crippen molar-refractivity contribution in [2.45, 2.75) is 91.3 Å². The smallest absolute Gasteiger partial charge is 0.131 e. The number of aliphatic hydroxyl groups excluding tert-OH is 2. The molecule has 0 spiro atoms. The van der Waals surface area contributed by atoms with Gasteiger partial charge >= 0.3 is 0 Å². The van der Waals surface area contributed by atoms with Gasteiger partial charge in [0.05, 0.1) is 13.2 Å². The van der Waals surface area contributed by atoms with Crippen molar-refractivity contribution in [2.75, 3.05) is 39.6 Å². The Kier molecular flexibility index (Phi) is 14.0. The molecule has 0 fully saturated rings. The van der Waals surface area contributed by atoms with Crippen LogP contribution in [0.15, 0.2) is 47.6 Å². The number of aliphatic hydroxyl groups is 2. The van der Waals surface area contributed by atoms with Crippen molar-refractivity contribution in [1.29, 1.82) is 0 Å². The molecule has 2 aromatic rings. The summed E-state index contributed by atoms with van der Waals surface area (Å²) in [6.07, 6.45) is 10.8. The van der Waals surface area contributed by atoms with Crippen molar-refractivity contribution >= 4 is 10.8 Å². The van der Waals surface area contributed by atoms with Crippen LogP contribution < -0.4 is 9.47 Å². The van der Waals surface area contributed by atoms with E-state index < -0.39 is 12.2 Å². The zero-order chi connectivity index (χ0) is 28.7. The predicted molar refractivity (Wildman–Crippen MR) is 163 cm³/mol. The molecule has 6 heteroatoms. The number of allylic oxidation sites excluding steroid dienone is 4. The molecule has 222 valence electrons. The molecule has 0 radical (unpaired) electrons. The van der Waals surface area contributed by atoms with E-state index in [4.69, 9.17) is 18.9 Å². The molecule has 0 aromatic heterocycles. The fourth-order valence-corrected chi connectivity index (χ4v) is 4.88. The maximum absolute atomic E-state index is 10.6. The molecular weight excluding hydrogens is 504 g/mol. The van der Waals surface area contributed by atoms with Gasteiger partial charge in [-0.3, -0.25) is 0 Å². The van der Waals surface area contributed by atoms with Gasteiger partial charge in [-0.25, -0.2) is 0 Å². The second-order valence-corrected chi connectivity index (χ2v) is 11.0. The van der Waals surface area contributed by atoms with Gasteiger partial charge in [0.1, 0.15) is 36.9 Å². The number of unbranched alkanes of at least 4 members (excludes halogenated alkanes) is 2. The van der Waals surface area contributed by atoms with E-state index in [9.17, 15) is 10.2 Å². The van der Waals surface area contributed by atoms with E-state index in [1.54, 1.807) is 0 Å². The topological polar surface area (TPSA) is 77.4 Å². The average molecular weight is 555 g/mol. The summed E-state index contributed by atoms with van der Waals surface area (Å²) in [6.45, 7) is 10.6. The van der Waals surface area contributed by atoms with Crippen LogP contribution in [-0.4, -0.2) is 62.1 Å². The Labute approximate surface area is 241 Å². The highest BCUT2D eigenvalue weighted by Crippen LogP contribution is 2.44. The van der Waals surface area contributed by atoms with E-state index in [1.165, 1.54) is 11.1 Å². The molecule has 3 rings (SSSR count). The van der Waals surface area contributed by atoms with E-state index >= 15 is 0 Å². The molecule has 1 aliphatic carbocycles. The summed E-state index contributed by atoms with van der Waals surface area (Å²) in [5, 5.41) is 23.0. The standard InChI is InChI=1S/C34H50O6/c1-5-7-18-37-21-27(35)23-39-33-29-14-9-10-15-30(29)34(40-24-28(36)22-38-19-8-6-2)32-20-26(16-17-31(32)33)13-11-12-25(3)4/h9-10,12,14-16,27-28,35-36H,5-8,11,13,17-24H2,1-4H3. The van der Waals surface area contributed by atoms with Crippen LogP contribution in [0.2, 0.25) is 0 Å². The Morgan fingerprint density at radius 1 is 0.825 bits per heavy atom. The number of hydrogen-bond donors (Lipinski definition) is 2. The largest absolute Gasteiger partial charge is 0.490 e. The van der Waals surface area contributed by atoms with Gasteiger partial charge in [0.2, 0.25) is 0 Å². The summed E-state index contributed by atoms with van der Waals surface area (Å²) >= 11 is 0. The zero-order valence-corrected chi connectivity index (χ0v) is 25.0. The molecule has 0 amide bonds. The van der Waals surface area contributed by atoms with Gasteiger partial charge in [-0.2, -0.15) is 0 Å². The summed E-state index contributed by atoms with van der Waals surface area (Å²) in [6, 6.07) is 8.09. The maximum atomic E-state index is 10.6. The van der Waals surface area contributed by atoms with Crippen LogP contribution in [0.25, 0.3) is 10.8 Å². The van der Waals surface area contributed by atoms with Crippen LogP contribution in [0, 0.1) is 0 Å². The summed E-state index contributed by atoms with van der Waals surface area (Å²) in [4.78, 5) is 0. The first kappa shape index (κ1) is 32.1. The number of fused-ring (bicyclic) bond motifs is 2. The zero-order valence-electron chi connectivity index (χ0n) is 25.0. The van der Waals surface area contributed by atoms with E-state index in [2.05, 4.69) is 39.8 Å². The molecule has 2 aromatic carbocycles. The van der Waals surface area contributed by atoms with Crippen molar-refractivity contribution in [3.05, 3.63) is 58.7 Å². The molecule has 0 aliphatic heterocycles. The summed E-state index contributed by atoms with van der Waals surface area (Å²) in [7, 11) is 0. The van der Waals surface area contributed by atoms with Crippen molar-refractivity contribution < 1.29 is 29.2 Å². The van der Waals surface area contributed by atoms with Crippen molar-refractivity contribution in [2.24, 2.45) is 0 Å². The summed E-state index contributed by atoms with van der Waals surface area (Å²) < 4.78 is 24.0. The molecule has 1 aliphatic rings. The minimum absolute atomic E-state index is 0.160. The number of benzene rings is 2. The lowest BCUT2D eigenvalue weighted by Crippen LogP contribution is -2.25. The third kappa shape index (κ3) is 9.91. The van der Waals surface area contributed by atoms with Gasteiger partial charge in [-0.05, 0) is 52.4 Å². The Bertz CT molecular complexity index is 1100. The second kappa shape index (κ2) is 17.4. The van der Waals surface area contributed by atoms with E-state index in [-0.39, 0.29) is 26.4 Å². The minimum atomic E-state index is -0.707. The average Bonchev–Trinajstić information content (AvgIpc) is 2.95. The molecular formula is C34H50O6. The highest BCUT2D eigenvalue weighted by Gasteiger charge is 2.25. The molecule has 2 atom stereocenters. The van der Waals surface area contributed by atoms with Gasteiger partial charge in [-0.1, -0.05) is 74.3 Å². The first-order valence-corrected chi connectivity index (χ1v) is 15.1. The number of rotatable bonds is 19. The van der Waals surface area contributed by atoms with Gasteiger partial charge in [-0.15, -0.1) is 0 Å². The molecule has 0 bridgehead atoms. The molecule has 2 unspecified atom stereocenters. The maximum Gasteiger partial charge on any atom is 0.131 e. The van der Waals surface area contributed by atoms with Crippen LogP contribution in [0.3, 0.4) is 0 Å². The third-order valence-electron chi connectivity index (χ3n) is 7.09. The van der Waals surface area contributed by atoms with Gasteiger partial charge in [0.15, 0.2) is 0 Å². The number of ether oxygens (including phenoxy) is 4. The Balaban J connectivity index is 1.86. The van der Waals surface area contributed by atoms with Crippen LogP contribution in [0.5, 0.6) is 11.5 Å². The quantitative estimate of drug-likeness (QED) is 0.148. The molecule has 0 saturated carbocycles. The summed E-state index contributed by atoms with van der Waals surface area (Å²) in [5.74, 6) is 1.61. The Morgan fingerprint density at radius 2 is 1.38 bits per heavy atom.